The first-order chi connectivity index (χ1) is 12.7. The number of sulfonamides is 1. The van der Waals surface area contributed by atoms with Crippen LogP contribution in [0.1, 0.15) is 5.56 Å². The van der Waals surface area contributed by atoms with E-state index >= 15 is 0 Å². The topological polar surface area (TPSA) is 73.2 Å². The Labute approximate surface area is 153 Å². The number of anilines is 1. The summed E-state index contributed by atoms with van der Waals surface area (Å²) in [6.45, 7) is 0.464. The Morgan fingerprint density at radius 1 is 1.04 bits per heavy atom. The molecule has 0 atom stereocenters. The first-order valence-electron chi connectivity index (χ1n) is 7.66. The molecular weight excluding hydrogens is 383 g/mol. The number of alkyl halides is 3. The maximum Gasteiger partial charge on any atom is 0.573 e. The van der Waals surface area contributed by atoms with Crippen LogP contribution in [-0.2, 0) is 16.6 Å². The summed E-state index contributed by atoms with van der Waals surface area (Å²) >= 11 is 0. The van der Waals surface area contributed by atoms with Crippen LogP contribution in [0.15, 0.2) is 71.9 Å². The van der Waals surface area contributed by atoms with Crippen molar-refractivity contribution < 1.29 is 26.3 Å². The van der Waals surface area contributed by atoms with Gasteiger partial charge >= 0.3 is 6.36 Å². The van der Waals surface area contributed by atoms with Crippen LogP contribution in [0, 0.1) is 0 Å². The van der Waals surface area contributed by atoms with Crippen LogP contribution in [0.4, 0.5) is 18.9 Å². The molecular formula is C17H14F3N3O3S. The lowest BCUT2D eigenvalue weighted by molar-refractivity contribution is -0.274. The first kappa shape index (κ1) is 18.8. The Bertz CT molecular complexity index is 1000. The quantitative estimate of drug-likeness (QED) is 0.689. The molecule has 0 radical (unpaired) electrons. The summed E-state index contributed by atoms with van der Waals surface area (Å²) in [6, 6.07) is 13.4. The Morgan fingerprint density at radius 2 is 1.70 bits per heavy atom. The molecule has 3 aromatic rings. The minimum atomic E-state index is -4.84. The zero-order valence-electron chi connectivity index (χ0n) is 13.7. The van der Waals surface area contributed by atoms with Crippen LogP contribution in [-0.4, -0.2) is 24.6 Å². The van der Waals surface area contributed by atoms with Crippen LogP contribution in [0.5, 0.6) is 5.75 Å². The van der Waals surface area contributed by atoms with Gasteiger partial charge in [0.15, 0.2) is 0 Å². The molecule has 0 aliphatic rings. The van der Waals surface area contributed by atoms with Crippen molar-refractivity contribution in [2.45, 2.75) is 17.8 Å². The first-order valence-corrected chi connectivity index (χ1v) is 9.15. The van der Waals surface area contributed by atoms with Gasteiger partial charge in [-0.25, -0.2) is 8.42 Å². The molecule has 1 N–H and O–H groups in total. The number of ether oxygens (including phenoxy) is 1. The molecule has 10 heteroatoms. The normalized spacial score (nSPS) is 12.0. The second-order valence-electron chi connectivity index (χ2n) is 5.54. The number of hydrogen-bond donors (Lipinski definition) is 1. The highest BCUT2D eigenvalue weighted by Crippen LogP contribution is 2.24. The Hall–Kier alpha value is -3.01. The van der Waals surface area contributed by atoms with E-state index in [2.05, 4.69) is 14.6 Å². The standard InChI is InChI=1S/C17H14F3N3O3S/c18-17(19,20)26-15-6-8-16(9-7-15)27(24,25)22-14-10-21-23(12-14)11-13-4-2-1-3-5-13/h1-10,12,22H,11H2. The van der Waals surface area contributed by atoms with Gasteiger partial charge in [-0.2, -0.15) is 5.10 Å². The highest BCUT2D eigenvalue weighted by atomic mass is 32.2. The zero-order valence-corrected chi connectivity index (χ0v) is 14.5. The third kappa shape index (κ3) is 5.23. The number of aromatic nitrogens is 2. The number of rotatable bonds is 6. The smallest absolute Gasteiger partial charge is 0.406 e. The van der Waals surface area contributed by atoms with Gasteiger partial charge in [-0.15, -0.1) is 13.2 Å². The van der Waals surface area contributed by atoms with Crippen molar-refractivity contribution in [2.24, 2.45) is 0 Å². The Kier molecular flexibility index (Phi) is 5.08. The summed E-state index contributed by atoms with van der Waals surface area (Å²) in [4.78, 5) is -0.201. The summed E-state index contributed by atoms with van der Waals surface area (Å²) in [6.07, 6.45) is -1.97. The summed E-state index contributed by atoms with van der Waals surface area (Å²) in [5.74, 6) is -0.503. The molecule has 0 aliphatic heterocycles. The lowest BCUT2D eigenvalue weighted by atomic mass is 10.2. The summed E-state index contributed by atoms with van der Waals surface area (Å²) < 4.78 is 68.8. The monoisotopic (exact) mass is 397 g/mol. The van der Waals surface area contributed by atoms with Gasteiger partial charge in [-0.3, -0.25) is 9.40 Å². The lowest BCUT2D eigenvalue weighted by Crippen LogP contribution is -2.17. The van der Waals surface area contributed by atoms with Crippen LogP contribution >= 0.6 is 0 Å². The Morgan fingerprint density at radius 3 is 2.33 bits per heavy atom. The largest absolute Gasteiger partial charge is 0.573 e. The van der Waals surface area contributed by atoms with Crippen LogP contribution in [0.25, 0.3) is 0 Å². The molecule has 3 rings (SSSR count). The van der Waals surface area contributed by atoms with E-state index in [1.54, 1.807) is 4.68 Å². The minimum Gasteiger partial charge on any atom is -0.406 e. The zero-order chi connectivity index (χ0) is 19.5. The number of halogens is 3. The van der Waals surface area contributed by atoms with Gasteiger partial charge in [0.25, 0.3) is 10.0 Å². The van der Waals surface area contributed by atoms with Gasteiger partial charge in [0.1, 0.15) is 5.75 Å². The molecule has 142 valence electrons. The average molecular weight is 397 g/mol. The average Bonchev–Trinajstić information content (AvgIpc) is 3.01. The van der Waals surface area contributed by atoms with E-state index in [1.165, 1.54) is 12.4 Å². The van der Waals surface area contributed by atoms with Crippen molar-refractivity contribution in [1.82, 2.24) is 9.78 Å². The summed E-state index contributed by atoms with van der Waals surface area (Å²) in [5, 5.41) is 4.09. The third-order valence-corrected chi connectivity index (χ3v) is 4.84. The number of hydrogen-bond acceptors (Lipinski definition) is 4. The van der Waals surface area contributed by atoms with Crippen molar-refractivity contribution in [3.63, 3.8) is 0 Å². The van der Waals surface area contributed by atoms with Gasteiger partial charge < -0.3 is 4.74 Å². The molecule has 0 bridgehead atoms. The molecule has 0 unspecified atom stereocenters. The predicted octanol–water partition coefficient (Wildman–Crippen LogP) is 3.63. The number of nitrogens with zero attached hydrogens (tertiary/aromatic N) is 2. The highest BCUT2D eigenvalue weighted by Gasteiger charge is 2.31. The van der Waals surface area contributed by atoms with Gasteiger partial charge in [-0.1, -0.05) is 30.3 Å². The Balaban J connectivity index is 1.69. The molecule has 1 heterocycles. The molecule has 2 aromatic carbocycles. The molecule has 0 amide bonds. The van der Waals surface area contributed by atoms with Crippen LogP contribution in [0.3, 0.4) is 0 Å². The molecule has 0 aliphatic carbocycles. The highest BCUT2D eigenvalue weighted by molar-refractivity contribution is 7.92. The lowest BCUT2D eigenvalue weighted by Gasteiger charge is -2.10. The SMILES string of the molecule is O=S(=O)(Nc1cnn(Cc2ccccc2)c1)c1ccc(OC(F)(F)F)cc1. The van der Waals surface area contributed by atoms with Crippen LogP contribution < -0.4 is 9.46 Å². The van der Waals surface area contributed by atoms with Crippen molar-refractivity contribution in [3.8, 4) is 5.75 Å². The van der Waals surface area contributed by atoms with E-state index in [-0.39, 0.29) is 10.6 Å². The third-order valence-electron chi connectivity index (χ3n) is 3.44. The molecule has 6 nitrogen and oxygen atoms in total. The molecule has 0 spiro atoms. The molecule has 27 heavy (non-hydrogen) atoms. The summed E-state index contributed by atoms with van der Waals surface area (Å²) in [7, 11) is -3.97. The van der Waals surface area contributed by atoms with E-state index in [1.807, 2.05) is 30.3 Å². The summed E-state index contributed by atoms with van der Waals surface area (Å²) in [5.41, 5.74) is 1.23. The minimum absolute atomic E-state index is 0.201. The van der Waals surface area contributed by atoms with E-state index in [9.17, 15) is 21.6 Å². The maximum atomic E-state index is 12.4. The second kappa shape index (κ2) is 7.31. The van der Waals surface area contributed by atoms with Crippen molar-refractivity contribution in [1.29, 1.82) is 0 Å². The van der Waals surface area contributed by atoms with E-state index in [4.69, 9.17) is 0 Å². The maximum absolute atomic E-state index is 12.4. The van der Waals surface area contributed by atoms with E-state index in [0.717, 1.165) is 29.8 Å². The van der Waals surface area contributed by atoms with Crippen molar-refractivity contribution in [2.75, 3.05) is 4.72 Å². The van der Waals surface area contributed by atoms with Gasteiger partial charge in [0.05, 0.1) is 23.3 Å². The van der Waals surface area contributed by atoms with Gasteiger partial charge in [0.2, 0.25) is 0 Å². The van der Waals surface area contributed by atoms with E-state index < -0.39 is 22.1 Å². The van der Waals surface area contributed by atoms with Crippen LogP contribution in [0.2, 0.25) is 0 Å². The molecule has 0 saturated carbocycles. The molecule has 1 aromatic heterocycles. The number of benzene rings is 2. The fourth-order valence-electron chi connectivity index (χ4n) is 2.31. The fraction of sp³-hybridized carbons (Fsp3) is 0.118. The molecule has 0 saturated heterocycles. The fourth-order valence-corrected chi connectivity index (χ4v) is 3.34. The van der Waals surface area contributed by atoms with Gasteiger partial charge in [-0.05, 0) is 29.8 Å². The van der Waals surface area contributed by atoms with E-state index in [0.29, 0.717) is 6.54 Å². The molecule has 0 fully saturated rings. The van der Waals surface area contributed by atoms with Crippen molar-refractivity contribution in [3.05, 3.63) is 72.6 Å². The van der Waals surface area contributed by atoms with Crippen molar-refractivity contribution >= 4 is 15.7 Å². The predicted molar refractivity (Wildman–Crippen MR) is 91.7 cm³/mol. The van der Waals surface area contributed by atoms with Gasteiger partial charge in [0, 0.05) is 6.20 Å². The number of nitrogens with one attached hydrogen (secondary N) is 1. The second-order valence-corrected chi connectivity index (χ2v) is 7.22.